The minimum Gasteiger partial charge on any atom is -0.483 e. The van der Waals surface area contributed by atoms with E-state index >= 15 is 0 Å². The van der Waals surface area contributed by atoms with E-state index in [1.807, 2.05) is 18.2 Å². The number of alkyl halides is 2. The van der Waals surface area contributed by atoms with Crippen molar-refractivity contribution in [2.24, 2.45) is 0 Å². The van der Waals surface area contributed by atoms with Gasteiger partial charge in [0.2, 0.25) is 5.95 Å². The minimum atomic E-state index is -3.38. The Morgan fingerprint density at radius 3 is 2.57 bits per heavy atom. The van der Waals surface area contributed by atoms with Gasteiger partial charge in [0.25, 0.3) is 5.91 Å². The fourth-order valence-corrected chi connectivity index (χ4v) is 6.02. The third kappa shape index (κ3) is 7.59. The number of anilines is 2. The molecule has 4 N–H and O–H groups in total. The average Bonchev–Trinajstić information content (AvgIpc) is 3.06. The number of aromatic nitrogens is 2. The van der Waals surface area contributed by atoms with Crippen LogP contribution < -0.4 is 10.1 Å². The lowest BCUT2D eigenvalue weighted by Crippen LogP contribution is -2.56. The summed E-state index contributed by atoms with van der Waals surface area (Å²) in [6.45, 7) is 1.81. The number of likely N-dealkylation sites (tertiary alicyclic amines) is 2. The molecular weight excluding hydrogens is 598 g/mol. The number of aliphatic hydroxyl groups is 3. The van der Waals surface area contributed by atoms with Gasteiger partial charge in [0.05, 0.1) is 37.1 Å². The molecule has 3 aromatic rings. The number of amides is 1. The number of piperidine rings is 2. The topological polar surface area (TPSA) is 155 Å². The van der Waals surface area contributed by atoms with Crippen molar-refractivity contribution in [2.45, 2.75) is 56.3 Å². The second-order valence-electron chi connectivity index (χ2n) is 11.8. The second kappa shape index (κ2) is 14.5. The van der Waals surface area contributed by atoms with Gasteiger partial charge in [-0.15, -0.1) is 0 Å². The molecule has 0 saturated carbocycles. The van der Waals surface area contributed by atoms with E-state index in [1.165, 1.54) is 24.6 Å². The Balaban J connectivity index is 1.25. The fraction of sp³-hybridized carbons (Fsp3) is 0.455. The van der Waals surface area contributed by atoms with Crippen LogP contribution in [0.1, 0.15) is 43.2 Å². The molecule has 0 bridgehead atoms. The smallest absolute Gasteiger partial charge is 0.301 e. The van der Waals surface area contributed by atoms with Gasteiger partial charge in [-0.1, -0.05) is 12.1 Å². The van der Waals surface area contributed by atoms with Gasteiger partial charge in [-0.25, -0.2) is 18.7 Å². The number of benzene rings is 2. The number of nitrogens with zero attached hydrogens (tertiary/aromatic N) is 5. The number of hydrogen-bond acceptors (Lipinski definition) is 10. The van der Waals surface area contributed by atoms with Crippen molar-refractivity contribution < 1.29 is 33.6 Å². The van der Waals surface area contributed by atoms with Crippen molar-refractivity contribution >= 4 is 17.5 Å². The second-order valence-corrected chi connectivity index (χ2v) is 11.8. The summed E-state index contributed by atoms with van der Waals surface area (Å²) in [4.78, 5) is 24.0. The fourth-order valence-electron chi connectivity index (χ4n) is 6.02. The molecule has 2 aromatic carbocycles. The number of halogens is 2. The van der Waals surface area contributed by atoms with Gasteiger partial charge in [-0.2, -0.15) is 5.26 Å². The summed E-state index contributed by atoms with van der Waals surface area (Å²) in [5.74, 6) is -3.45. The van der Waals surface area contributed by atoms with Gasteiger partial charge in [0, 0.05) is 30.4 Å². The van der Waals surface area contributed by atoms with Crippen LogP contribution >= 0.6 is 0 Å². The number of aliphatic hydroxyl groups excluding tert-OH is 3. The molecule has 1 aromatic heterocycles. The molecule has 5 rings (SSSR count). The van der Waals surface area contributed by atoms with Crippen molar-refractivity contribution in [2.75, 3.05) is 44.7 Å². The van der Waals surface area contributed by atoms with E-state index in [4.69, 9.17) is 4.74 Å². The highest BCUT2D eigenvalue weighted by molar-refractivity contribution is 5.80. The van der Waals surface area contributed by atoms with Crippen LogP contribution in [-0.4, -0.2) is 105 Å². The van der Waals surface area contributed by atoms with Crippen LogP contribution in [0, 0.1) is 11.3 Å². The summed E-state index contributed by atoms with van der Waals surface area (Å²) in [7, 11) is 0. The molecule has 13 heteroatoms. The van der Waals surface area contributed by atoms with Crippen LogP contribution in [0.2, 0.25) is 0 Å². The van der Waals surface area contributed by atoms with Crippen LogP contribution in [0.5, 0.6) is 5.75 Å². The molecule has 2 fully saturated rings. The molecule has 0 aliphatic carbocycles. The third-order valence-electron chi connectivity index (χ3n) is 8.61. The van der Waals surface area contributed by atoms with E-state index in [0.29, 0.717) is 23.1 Å². The van der Waals surface area contributed by atoms with E-state index in [0.717, 1.165) is 36.5 Å². The summed E-state index contributed by atoms with van der Waals surface area (Å²) < 4.78 is 35.4. The molecule has 3 heterocycles. The Labute approximate surface area is 266 Å². The van der Waals surface area contributed by atoms with E-state index in [2.05, 4.69) is 32.3 Å². The highest BCUT2D eigenvalue weighted by Gasteiger charge is 2.48. The van der Waals surface area contributed by atoms with Crippen LogP contribution in [-0.2, 0) is 4.79 Å². The number of carbonyl (C=O) groups excluding carboxylic acids is 1. The third-order valence-corrected chi connectivity index (χ3v) is 8.61. The van der Waals surface area contributed by atoms with Crippen LogP contribution in [0.15, 0.2) is 54.7 Å². The Bertz CT molecular complexity index is 1560. The zero-order valence-corrected chi connectivity index (χ0v) is 25.5. The van der Waals surface area contributed by atoms with Gasteiger partial charge in [0.15, 0.2) is 6.10 Å². The predicted molar refractivity (Wildman–Crippen MR) is 166 cm³/mol. The lowest BCUT2D eigenvalue weighted by Gasteiger charge is -2.38. The Kier molecular flexibility index (Phi) is 10.4. The van der Waals surface area contributed by atoms with Crippen LogP contribution in [0.4, 0.5) is 20.4 Å². The first-order chi connectivity index (χ1) is 22.1. The summed E-state index contributed by atoms with van der Waals surface area (Å²) >= 11 is 0. The van der Waals surface area contributed by atoms with E-state index < -0.39 is 30.6 Å². The molecule has 0 radical (unpaired) electrons. The minimum absolute atomic E-state index is 0.00147. The molecule has 1 amide bonds. The summed E-state index contributed by atoms with van der Waals surface area (Å²) in [5.41, 5.74) is 3.13. The van der Waals surface area contributed by atoms with Gasteiger partial charge >= 0.3 is 5.92 Å². The molecule has 1 unspecified atom stereocenters. The van der Waals surface area contributed by atoms with E-state index in [9.17, 15) is 34.2 Å². The van der Waals surface area contributed by atoms with Crippen molar-refractivity contribution in [1.82, 2.24) is 19.8 Å². The molecule has 2 saturated heterocycles. The van der Waals surface area contributed by atoms with Crippen LogP contribution in [0.3, 0.4) is 0 Å². The molecule has 2 aliphatic heterocycles. The zero-order valence-electron chi connectivity index (χ0n) is 25.5. The predicted octanol–water partition coefficient (Wildman–Crippen LogP) is 3.29. The van der Waals surface area contributed by atoms with Gasteiger partial charge in [0.1, 0.15) is 17.9 Å². The Morgan fingerprint density at radius 1 is 1.13 bits per heavy atom. The molecule has 2 atom stereocenters. The zero-order chi connectivity index (χ0) is 32.8. The van der Waals surface area contributed by atoms with Gasteiger partial charge < -0.3 is 30.3 Å². The molecule has 2 aliphatic rings. The normalized spacial score (nSPS) is 19.4. The van der Waals surface area contributed by atoms with Crippen LogP contribution in [0.25, 0.3) is 11.3 Å². The number of carbonyl (C=O) groups is 1. The maximum absolute atomic E-state index is 14.9. The molecule has 11 nitrogen and oxygen atoms in total. The highest BCUT2D eigenvalue weighted by Crippen LogP contribution is 2.35. The van der Waals surface area contributed by atoms with Crippen molar-refractivity contribution in [1.29, 1.82) is 5.26 Å². The monoisotopic (exact) mass is 636 g/mol. The maximum atomic E-state index is 14.9. The number of nitriles is 1. The first-order valence-electron chi connectivity index (χ1n) is 15.3. The SMILES string of the molecule is C[C@@H](O)C(=O)N1CCC(Oc2ccc(-c3ccnc(Nc4cccc(C5CCN(C(CO)CO)CC5)c4)n3)cc2C#N)C(F)(F)C1. The average molecular weight is 637 g/mol. The number of rotatable bonds is 10. The Morgan fingerprint density at radius 2 is 1.89 bits per heavy atom. The summed E-state index contributed by atoms with van der Waals surface area (Å²) in [6.07, 6.45) is 0.330. The quantitative estimate of drug-likeness (QED) is 0.261. The van der Waals surface area contributed by atoms with E-state index in [1.54, 1.807) is 18.3 Å². The first-order valence-corrected chi connectivity index (χ1v) is 15.3. The molecule has 244 valence electrons. The lowest BCUT2D eigenvalue weighted by molar-refractivity contribution is -0.165. The Hall–Kier alpha value is -4.22. The summed E-state index contributed by atoms with van der Waals surface area (Å²) in [5, 5.41) is 41.5. The van der Waals surface area contributed by atoms with Crippen molar-refractivity contribution in [3.05, 3.63) is 65.9 Å². The largest absolute Gasteiger partial charge is 0.483 e. The summed E-state index contributed by atoms with van der Waals surface area (Å²) in [6, 6.07) is 16.1. The standard InChI is InChI=1S/C33H38F2N6O5/c1-21(44)31(45)41-14-10-30(33(34,35)20-41)46-29-6-5-24(15-25(29)17-36)28-7-11-37-32(39-28)38-26-4-2-3-23(16-26)22-8-12-40(13-9-22)27(18-42)19-43/h2-7,11,15-16,21-22,27,30,42-44H,8-10,12-14,18-20H2,1H3,(H,37,38,39)/t21-,30?/m1/s1. The lowest BCUT2D eigenvalue weighted by atomic mass is 9.88. The first kappa shape index (κ1) is 33.2. The highest BCUT2D eigenvalue weighted by atomic mass is 19.3. The van der Waals surface area contributed by atoms with Crippen molar-refractivity contribution in [3.8, 4) is 23.1 Å². The molecule has 0 spiro atoms. The number of hydrogen-bond donors (Lipinski definition) is 4. The maximum Gasteiger partial charge on any atom is 0.301 e. The molecular formula is C33H38F2N6O5. The van der Waals surface area contributed by atoms with Gasteiger partial charge in [-0.3, -0.25) is 9.69 Å². The van der Waals surface area contributed by atoms with E-state index in [-0.39, 0.29) is 43.5 Å². The number of ether oxygens (including phenoxy) is 1. The number of nitrogens with one attached hydrogen (secondary N) is 1. The molecule has 46 heavy (non-hydrogen) atoms. The van der Waals surface area contributed by atoms with Crippen molar-refractivity contribution in [3.63, 3.8) is 0 Å². The van der Waals surface area contributed by atoms with Gasteiger partial charge in [-0.05, 0) is 80.7 Å².